The van der Waals surface area contributed by atoms with Crippen LogP contribution in [-0.2, 0) is 0 Å². The summed E-state index contributed by atoms with van der Waals surface area (Å²) < 4.78 is 0. The molecule has 4 N–H and O–H groups in total. The Morgan fingerprint density at radius 1 is 1.38 bits per heavy atom. The van der Waals surface area contributed by atoms with Gasteiger partial charge in [-0.1, -0.05) is 13.0 Å². The molecule has 1 aromatic rings. The van der Waals surface area contributed by atoms with Gasteiger partial charge in [-0.3, -0.25) is 10.6 Å². The maximum absolute atomic E-state index is 12.3. The molecular weight excluding hydrogens is 264 g/mol. The van der Waals surface area contributed by atoms with E-state index in [1.54, 1.807) is 0 Å². The van der Waals surface area contributed by atoms with Crippen LogP contribution in [0.2, 0.25) is 0 Å². The van der Waals surface area contributed by atoms with Gasteiger partial charge in [0.2, 0.25) is 0 Å². The summed E-state index contributed by atoms with van der Waals surface area (Å²) in [6.45, 7) is 8.27. The number of amides is 1. The molecule has 1 unspecified atom stereocenters. The SMILES string of the molecule is Cc1ccc(C(=O)NCC(C)CN2CCCC2)c(NN)c1. The fraction of sp³-hybridized carbons (Fsp3) is 0.562. The Balaban J connectivity index is 1.86. The molecule has 1 aliphatic heterocycles. The van der Waals surface area contributed by atoms with E-state index in [1.807, 2.05) is 25.1 Å². The molecule has 1 amide bonds. The maximum atomic E-state index is 12.3. The van der Waals surface area contributed by atoms with E-state index in [0.717, 1.165) is 12.1 Å². The molecule has 0 saturated carbocycles. The lowest BCUT2D eigenvalue weighted by molar-refractivity contribution is 0.0946. The standard InChI is InChI=1S/C16H26N4O/c1-12-5-6-14(15(9-12)19-17)16(21)18-10-13(2)11-20-7-3-4-8-20/h5-6,9,13,19H,3-4,7-8,10-11,17H2,1-2H3,(H,18,21). The zero-order valence-electron chi connectivity index (χ0n) is 13.0. The minimum absolute atomic E-state index is 0.0729. The van der Waals surface area contributed by atoms with Crippen LogP contribution in [0.3, 0.4) is 0 Å². The average molecular weight is 290 g/mol. The Kier molecular flexibility index (Phi) is 5.59. The van der Waals surface area contributed by atoms with Crippen LogP contribution in [-0.4, -0.2) is 37.0 Å². The second-order valence-corrected chi connectivity index (χ2v) is 6.02. The monoisotopic (exact) mass is 290 g/mol. The first kappa shape index (κ1) is 15.8. The number of likely N-dealkylation sites (tertiary alicyclic amines) is 1. The van der Waals surface area contributed by atoms with Crippen molar-refractivity contribution >= 4 is 11.6 Å². The number of rotatable bonds is 6. The number of nitrogens with zero attached hydrogens (tertiary/aromatic N) is 1. The van der Waals surface area contributed by atoms with Gasteiger partial charge in [0.15, 0.2) is 0 Å². The van der Waals surface area contributed by atoms with E-state index in [0.29, 0.717) is 23.7 Å². The van der Waals surface area contributed by atoms with E-state index in [2.05, 4.69) is 22.6 Å². The summed E-state index contributed by atoms with van der Waals surface area (Å²) in [5.41, 5.74) is 4.93. The van der Waals surface area contributed by atoms with E-state index in [4.69, 9.17) is 5.84 Å². The highest BCUT2D eigenvalue weighted by molar-refractivity contribution is 5.99. The Labute approximate surface area is 126 Å². The zero-order chi connectivity index (χ0) is 15.2. The van der Waals surface area contributed by atoms with Crippen LogP contribution in [0.15, 0.2) is 18.2 Å². The predicted octanol–water partition coefficient (Wildman–Crippen LogP) is 1.74. The van der Waals surface area contributed by atoms with Gasteiger partial charge in [0.25, 0.3) is 5.91 Å². The molecule has 1 saturated heterocycles. The third-order valence-electron chi connectivity index (χ3n) is 3.95. The summed E-state index contributed by atoms with van der Waals surface area (Å²) >= 11 is 0. The highest BCUT2D eigenvalue weighted by Crippen LogP contribution is 2.16. The molecule has 5 nitrogen and oxygen atoms in total. The number of carbonyl (C=O) groups excluding carboxylic acids is 1. The van der Waals surface area contributed by atoms with Gasteiger partial charge in [-0.25, -0.2) is 0 Å². The van der Waals surface area contributed by atoms with Crippen LogP contribution < -0.4 is 16.6 Å². The van der Waals surface area contributed by atoms with Crippen molar-refractivity contribution in [2.45, 2.75) is 26.7 Å². The first-order valence-electron chi connectivity index (χ1n) is 7.68. The van der Waals surface area contributed by atoms with Gasteiger partial charge >= 0.3 is 0 Å². The third-order valence-corrected chi connectivity index (χ3v) is 3.95. The number of hydrogen-bond donors (Lipinski definition) is 3. The minimum Gasteiger partial charge on any atom is -0.352 e. The van der Waals surface area contributed by atoms with Crippen molar-refractivity contribution in [1.82, 2.24) is 10.2 Å². The fourth-order valence-corrected chi connectivity index (χ4v) is 2.81. The number of benzene rings is 1. The first-order valence-corrected chi connectivity index (χ1v) is 7.68. The number of hydrogen-bond acceptors (Lipinski definition) is 4. The third kappa shape index (κ3) is 4.44. The lowest BCUT2D eigenvalue weighted by Gasteiger charge is -2.20. The Hall–Kier alpha value is -1.59. The average Bonchev–Trinajstić information content (AvgIpc) is 2.97. The van der Waals surface area contributed by atoms with Gasteiger partial charge in [-0.15, -0.1) is 0 Å². The highest BCUT2D eigenvalue weighted by Gasteiger charge is 2.16. The molecule has 0 bridgehead atoms. The van der Waals surface area contributed by atoms with E-state index in [1.165, 1.54) is 25.9 Å². The normalized spacial score (nSPS) is 16.7. The van der Waals surface area contributed by atoms with E-state index < -0.39 is 0 Å². The van der Waals surface area contributed by atoms with Crippen molar-refractivity contribution in [1.29, 1.82) is 0 Å². The van der Waals surface area contributed by atoms with E-state index >= 15 is 0 Å². The number of aryl methyl sites for hydroxylation is 1. The molecule has 0 spiro atoms. The molecular formula is C16H26N4O. The molecule has 1 heterocycles. The van der Waals surface area contributed by atoms with Gasteiger partial charge in [-0.2, -0.15) is 0 Å². The van der Waals surface area contributed by atoms with E-state index in [9.17, 15) is 4.79 Å². The summed E-state index contributed by atoms with van der Waals surface area (Å²) in [7, 11) is 0. The van der Waals surface area contributed by atoms with Gasteiger partial charge in [0.1, 0.15) is 0 Å². The van der Waals surface area contributed by atoms with Gasteiger partial charge in [0, 0.05) is 13.1 Å². The molecule has 1 fully saturated rings. The number of nitrogens with two attached hydrogens (primary N) is 1. The summed E-state index contributed by atoms with van der Waals surface area (Å²) in [5.74, 6) is 5.86. The Morgan fingerprint density at radius 3 is 2.76 bits per heavy atom. The van der Waals surface area contributed by atoms with Crippen LogP contribution in [0.25, 0.3) is 0 Å². The van der Waals surface area contributed by atoms with Gasteiger partial charge in [0.05, 0.1) is 11.3 Å². The number of hydrazine groups is 1. The van der Waals surface area contributed by atoms with Crippen LogP contribution in [0.1, 0.15) is 35.7 Å². The highest BCUT2D eigenvalue weighted by atomic mass is 16.1. The van der Waals surface area contributed by atoms with Crippen molar-refractivity contribution in [3.05, 3.63) is 29.3 Å². The van der Waals surface area contributed by atoms with Crippen molar-refractivity contribution in [2.75, 3.05) is 31.6 Å². The maximum Gasteiger partial charge on any atom is 0.253 e. The van der Waals surface area contributed by atoms with Crippen LogP contribution in [0, 0.1) is 12.8 Å². The molecule has 0 aliphatic carbocycles. The summed E-state index contributed by atoms with van der Waals surface area (Å²) in [6, 6.07) is 5.61. The molecule has 0 radical (unpaired) electrons. The number of carbonyl (C=O) groups is 1. The van der Waals surface area contributed by atoms with Crippen molar-refractivity contribution < 1.29 is 4.79 Å². The minimum atomic E-state index is -0.0729. The Bertz CT molecular complexity index is 483. The molecule has 1 atom stereocenters. The van der Waals surface area contributed by atoms with Gasteiger partial charge < -0.3 is 15.6 Å². The lowest BCUT2D eigenvalue weighted by Crippen LogP contribution is -2.34. The topological polar surface area (TPSA) is 70.4 Å². The second-order valence-electron chi connectivity index (χ2n) is 6.02. The van der Waals surface area contributed by atoms with Gasteiger partial charge in [-0.05, 0) is 56.5 Å². The lowest BCUT2D eigenvalue weighted by atomic mass is 10.1. The van der Waals surface area contributed by atoms with Crippen LogP contribution >= 0.6 is 0 Å². The Morgan fingerprint density at radius 2 is 2.10 bits per heavy atom. The molecule has 21 heavy (non-hydrogen) atoms. The largest absolute Gasteiger partial charge is 0.352 e. The quantitative estimate of drug-likeness (QED) is 0.551. The molecule has 5 heteroatoms. The summed E-state index contributed by atoms with van der Waals surface area (Å²) in [4.78, 5) is 14.7. The number of nitrogen functional groups attached to an aromatic ring is 1. The van der Waals surface area contributed by atoms with Crippen molar-refractivity contribution in [2.24, 2.45) is 11.8 Å². The second kappa shape index (κ2) is 7.43. The fourth-order valence-electron chi connectivity index (χ4n) is 2.81. The van der Waals surface area contributed by atoms with Crippen LogP contribution in [0.4, 0.5) is 5.69 Å². The first-order chi connectivity index (χ1) is 10.1. The predicted molar refractivity (Wildman–Crippen MR) is 86.2 cm³/mol. The molecule has 1 aromatic carbocycles. The zero-order valence-corrected chi connectivity index (χ0v) is 13.0. The molecule has 2 rings (SSSR count). The van der Waals surface area contributed by atoms with E-state index in [-0.39, 0.29) is 5.91 Å². The smallest absolute Gasteiger partial charge is 0.253 e. The summed E-state index contributed by atoms with van der Waals surface area (Å²) in [5, 5.41) is 3.01. The molecule has 1 aliphatic rings. The molecule has 0 aromatic heterocycles. The summed E-state index contributed by atoms with van der Waals surface area (Å²) in [6.07, 6.45) is 2.60. The number of nitrogens with one attached hydrogen (secondary N) is 2. The molecule has 116 valence electrons. The van der Waals surface area contributed by atoms with Crippen molar-refractivity contribution in [3.63, 3.8) is 0 Å². The van der Waals surface area contributed by atoms with Crippen LogP contribution in [0.5, 0.6) is 0 Å². The van der Waals surface area contributed by atoms with Crippen molar-refractivity contribution in [3.8, 4) is 0 Å². The number of anilines is 1.